The fourth-order valence-electron chi connectivity index (χ4n) is 2.11. The van der Waals surface area contributed by atoms with Crippen molar-refractivity contribution < 1.29 is 22.7 Å². The fourth-order valence-corrected chi connectivity index (χ4v) is 3.04. The van der Waals surface area contributed by atoms with Gasteiger partial charge >= 0.3 is 5.97 Å². The number of ether oxygens (including phenoxy) is 1. The molecule has 132 valence electrons. The van der Waals surface area contributed by atoms with Crippen molar-refractivity contribution in [2.45, 2.75) is 11.8 Å². The zero-order valence-electron chi connectivity index (χ0n) is 14.2. The number of aryl methyl sites for hydroxylation is 1. The van der Waals surface area contributed by atoms with Crippen LogP contribution in [0.5, 0.6) is 0 Å². The van der Waals surface area contributed by atoms with E-state index in [0.29, 0.717) is 11.1 Å². The number of hydrogen-bond acceptors (Lipinski definition) is 5. The Labute approximate surface area is 147 Å². The molecule has 2 aromatic carbocycles. The standard InChI is InChI=1S/C18H19NO5S/c1-13-9-10-15(25(22,23)19(2)3)11-16(13)18(21)24-12-17(20)14-7-5-4-6-8-14/h4-11H,12H2,1-3H3. The third kappa shape index (κ3) is 4.32. The molecule has 0 aliphatic carbocycles. The minimum absolute atomic E-state index is 0.00978. The molecule has 0 unspecified atom stereocenters. The highest BCUT2D eigenvalue weighted by Crippen LogP contribution is 2.19. The Morgan fingerprint density at radius 3 is 2.28 bits per heavy atom. The summed E-state index contributed by atoms with van der Waals surface area (Å²) in [7, 11) is -0.848. The van der Waals surface area contributed by atoms with Gasteiger partial charge < -0.3 is 4.74 Å². The van der Waals surface area contributed by atoms with Crippen LogP contribution in [0.1, 0.15) is 26.3 Å². The molecular weight excluding hydrogens is 342 g/mol. The second-order valence-electron chi connectivity index (χ2n) is 5.63. The Hall–Kier alpha value is -2.51. The Morgan fingerprint density at radius 1 is 1.04 bits per heavy atom. The maximum Gasteiger partial charge on any atom is 0.338 e. The molecular formula is C18H19NO5S. The highest BCUT2D eigenvalue weighted by Gasteiger charge is 2.21. The summed E-state index contributed by atoms with van der Waals surface area (Å²) in [6, 6.07) is 12.7. The van der Waals surface area contributed by atoms with Crippen LogP contribution in [-0.2, 0) is 14.8 Å². The first-order chi connectivity index (χ1) is 11.7. The molecule has 0 N–H and O–H groups in total. The van der Waals surface area contributed by atoms with E-state index in [1.165, 1.54) is 32.3 Å². The molecule has 0 aromatic heterocycles. The van der Waals surface area contributed by atoms with E-state index in [0.717, 1.165) is 4.31 Å². The van der Waals surface area contributed by atoms with E-state index >= 15 is 0 Å². The van der Waals surface area contributed by atoms with Gasteiger partial charge in [-0.05, 0) is 24.6 Å². The van der Waals surface area contributed by atoms with E-state index < -0.39 is 22.6 Å². The van der Waals surface area contributed by atoms with Gasteiger partial charge in [0.1, 0.15) is 0 Å². The molecule has 2 rings (SSSR count). The normalized spacial score (nSPS) is 11.4. The van der Waals surface area contributed by atoms with Gasteiger partial charge in [0.25, 0.3) is 0 Å². The van der Waals surface area contributed by atoms with Crippen LogP contribution in [0.25, 0.3) is 0 Å². The number of sulfonamides is 1. The van der Waals surface area contributed by atoms with Gasteiger partial charge in [0.05, 0.1) is 10.5 Å². The smallest absolute Gasteiger partial charge is 0.338 e. The van der Waals surface area contributed by atoms with Crippen molar-refractivity contribution in [3.63, 3.8) is 0 Å². The highest BCUT2D eigenvalue weighted by atomic mass is 32.2. The minimum atomic E-state index is -3.67. The maximum atomic E-state index is 12.3. The van der Waals surface area contributed by atoms with Gasteiger partial charge in [0, 0.05) is 19.7 Å². The van der Waals surface area contributed by atoms with Gasteiger partial charge in [-0.1, -0.05) is 36.4 Å². The summed E-state index contributed by atoms with van der Waals surface area (Å²) < 4.78 is 30.5. The minimum Gasteiger partial charge on any atom is -0.454 e. The molecule has 0 saturated carbocycles. The van der Waals surface area contributed by atoms with Crippen LogP contribution in [0.15, 0.2) is 53.4 Å². The number of ketones is 1. The SMILES string of the molecule is Cc1ccc(S(=O)(=O)N(C)C)cc1C(=O)OCC(=O)c1ccccc1. The lowest BCUT2D eigenvalue weighted by Crippen LogP contribution is -2.23. The van der Waals surface area contributed by atoms with E-state index in [-0.39, 0.29) is 16.2 Å². The molecule has 2 aromatic rings. The third-order valence-electron chi connectivity index (χ3n) is 3.64. The monoisotopic (exact) mass is 361 g/mol. The molecule has 0 atom stereocenters. The molecule has 0 spiro atoms. The van der Waals surface area contributed by atoms with E-state index in [2.05, 4.69) is 0 Å². The van der Waals surface area contributed by atoms with Gasteiger partial charge in [-0.3, -0.25) is 4.79 Å². The van der Waals surface area contributed by atoms with E-state index in [4.69, 9.17) is 4.74 Å². The second-order valence-corrected chi connectivity index (χ2v) is 7.78. The van der Waals surface area contributed by atoms with Crippen LogP contribution in [-0.4, -0.2) is 45.2 Å². The first kappa shape index (κ1) is 18.8. The summed E-state index contributed by atoms with van der Waals surface area (Å²) in [5.74, 6) is -1.07. The Balaban J connectivity index is 2.18. The van der Waals surface area contributed by atoms with E-state index in [1.807, 2.05) is 0 Å². The van der Waals surface area contributed by atoms with Crippen LogP contribution >= 0.6 is 0 Å². The van der Waals surface area contributed by atoms with Crippen LogP contribution in [0.2, 0.25) is 0 Å². The summed E-state index contributed by atoms with van der Waals surface area (Å²) in [6.45, 7) is 1.26. The first-order valence-corrected chi connectivity index (χ1v) is 8.96. The number of carbonyl (C=O) groups excluding carboxylic acids is 2. The Kier molecular flexibility index (Phi) is 5.71. The van der Waals surface area contributed by atoms with Crippen LogP contribution in [0.3, 0.4) is 0 Å². The van der Waals surface area contributed by atoms with E-state index in [1.54, 1.807) is 37.3 Å². The molecule has 25 heavy (non-hydrogen) atoms. The third-order valence-corrected chi connectivity index (χ3v) is 5.45. The molecule has 7 heteroatoms. The van der Waals surface area contributed by atoms with Crippen molar-refractivity contribution in [3.8, 4) is 0 Å². The molecule has 0 radical (unpaired) electrons. The van der Waals surface area contributed by atoms with Crippen molar-refractivity contribution >= 4 is 21.8 Å². The Bertz CT molecular complexity index is 889. The summed E-state index contributed by atoms with van der Waals surface area (Å²) in [4.78, 5) is 24.3. The van der Waals surface area contributed by atoms with Crippen LogP contribution < -0.4 is 0 Å². The molecule has 0 bridgehead atoms. The summed E-state index contributed by atoms with van der Waals surface area (Å²) >= 11 is 0. The predicted molar refractivity (Wildman–Crippen MR) is 93.1 cm³/mol. The van der Waals surface area contributed by atoms with Gasteiger partial charge in [0.15, 0.2) is 12.4 Å². The number of nitrogens with zero attached hydrogens (tertiary/aromatic N) is 1. The molecule has 0 aliphatic heterocycles. The predicted octanol–water partition coefficient (Wildman–Crippen LogP) is 2.29. The summed E-state index contributed by atoms with van der Waals surface area (Å²) in [5, 5.41) is 0. The molecule has 0 amide bonds. The highest BCUT2D eigenvalue weighted by molar-refractivity contribution is 7.89. The number of carbonyl (C=O) groups is 2. The van der Waals surface area contributed by atoms with Crippen molar-refractivity contribution in [2.24, 2.45) is 0 Å². The quantitative estimate of drug-likeness (QED) is 0.582. The van der Waals surface area contributed by atoms with Gasteiger partial charge in [-0.15, -0.1) is 0 Å². The number of Topliss-reactive ketones (excluding diaryl/α,β-unsaturated/α-hetero) is 1. The molecule has 6 nitrogen and oxygen atoms in total. The summed E-state index contributed by atoms with van der Waals surface area (Å²) in [6.07, 6.45) is 0. The zero-order chi connectivity index (χ0) is 18.6. The fraction of sp³-hybridized carbons (Fsp3) is 0.222. The lowest BCUT2D eigenvalue weighted by Gasteiger charge is -2.13. The first-order valence-electron chi connectivity index (χ1n) is 7.52. The van der Waals surface area contributed by atoms with Gasteiger partial charge in [-0.25, -0.2) is 17.5 Å². The number of benzene rings is 2. The van der Waals surface area contributed by atoms with E-state index in [9.17, 15) is 18.0 Å². The zero-order valence-corrected chi connectivity index (χ0v) is 15.0. The lowest BCUT2D eigenvalue weighted by molar-refractivity contribution is 0.0473. The van der Waals surface area contributed by atoms with Gasteiger partial charge in [-0.2, -0.15) is 0 Å². The molecule has 0 fully saturated rings. The average molecular weight is 361 g/mol. The topological polar surface area (TPSA) is 80.8 Å². The van der Waals surface area contributed by atoms with Crippen molar-refractivity contribution in [3.05, 3.63) is 65.2 Å². The number of hydrogen-bond donors (Lipinski definition) is 0. The number of esters is 1. The van der Waals surface area contributed by atoms with Crippen molar-refractivity contribution in [1.29, 1.82) is 0 Å². The molecule has 0 aliphatic rings. The maximum absolute atomic E-state index is 12.3. The lowest BCUT2D eigenvalue weighted by atomic mass is 10.1. The largest absolute Gasteiger partial charge is 0.454 e. The second kappa shape index (κ2) is 7.58. The molecule has 0 heterocycles. The molecule has 0 saturated heterocycles. The summed E-state index contributed by atoms with van der Waals surface area (Å²) in [5.41, 5.74) is 1.12. The van der Waals surface area contributed by atoms with Crippen LogP contribution in [0.4, 0.5) is 0 Å². The van der Waals surface area contributed by atoms with Crippen molar-refractivity contribution in [1.82, 2.24) is 4.31 Å². The number of rotatable bonds is 6. The van der Waals surface area contributed by atoms with Crippen molar-refractivity contribution in [2.75, 3.05) is 20.7 Å². The Morgan fingerprint density at radius 2 is 1.68 bits per heavy atom. The van der Waals surface area contributed by atoms with Crippen LogP contribution in [0, 0.1) is 6.92 Å². The average Bonchev–Trinajstić information content (AvgIpc) is 2.60. The van der Waals surface area contributed by atoms with Gasteiger partial charge in [0.2, 0.25) is 10.0 Å².